The van der Waals surface area contributed by atoms with Crippen LogP contribution < -0.4 is 11.1 Å². The number of ether oxygens (including phenoxy) is 1. The highest BCUT2D eigenvalue weighted by molar-refractivity contribution is 5.92. The van der Waals surface area contributed by atoms with Gasteiger partial charge in [0.15, 0.2) is 5.96 Å². The molecule has 2 rings (SSSR count). The van der Waals surface area contributed by atoms with Crippen LogP contribution in [0.4, 0.5) is 5.69 Å². The quantitative estimate of drug-likeness (QED) is 0.641. The molecular formula is C16H25N3O. The Kier molecular flexibility index (Phi) is 5.01. The summed E-state index contributed by atoms with van der Waals surface area (Å²) in [5, 5.41) is 3.16. The zero-order chi connectivity index (χ0) is 14.5. The largest absolute Gasteiger partial charge is 0.375 e. The van der Waals surface area contributed by atoms with Crippen LogP contribution in [0, 0.1) is 0 Å². The summed E-state index contributed by atoms with van der Waals surface area (Å²) in [7, 11) is 0. The van der Waals surface area contributed by atoms with E-state index in [9.17, 15) is 0 Å². The Bertz CT molecular complexity index is 465. The van der Waals surface area contributed by atoms with Crippen molar-refractivity contribution in [1.29, 1.82) is 0 Å². The monoisotopic (exact) mass is 275 g/mol. The molecule has 1 aromatic carbocycles. The van der Waals surface area contributed by atoms with Gasteiger partial charge in [0, 0.05) is 5.69 Å². The van der Waals surface area contributed by atoms with Crippen LogP contribution in [0.2, 0.25) is 0 Å². The molecule has 20 heavy (non-hydrogen) atoms. The number of anilines is 1. The molecule has 0 amide bonds. The summed E-state index contributed by atoms with van der Waals surface area (Å²) in [6, 6.07) is 8.55. The summed E-state index contributed by atoms with van der Waals surface area (Å²) in [5.41, 5.74) is 8.24. The van der Waals surface area contributed by atoms with Crippen LogP contribution in [-0.2, 0) is 11.2 Å². The smallest absolute Gasteiger partial charge is 0.193 e. The molecule has 4 nitrogen and oxygen atoms in total. The first-order valence-electron chi connectivity index (χ1n) is 7.41. The molecule has 1 fully saturated rings. The van der Waals surface area contributed by atoms with Crippen LogP contribution in [0.5, 0.6) is 0 Å². The second-order valence-electron chi connectivity index (χ2n) is 5.63. The van der Waals surface area contributed by atoms with Crippen LogP contribution in [-0.4, -0.2) is 24.2 Å². The molecule has 0 bridgehead atoms. The molecule has 4 heteroatoms. The number of aliphatic imine (C=N–C) groups is 1. The number of hydrogen-bond acceptors (Lipinski definition) is 2. The molecule has 1 saturated carbocycles. The topological polar surface area (TPSA) is 59.6 Å². The van der Waals surface area contributed by atoms with E-state index in [1.807, 2.05) is 12.1 Å². The maximum Gasteiger partial charge on any atom is 0.193 e. The van der Waals surface area contributed by atoms with E-state index in [4.69, 9.17) is 10.5 Å². The predicted molar refractivity (Wildman–Crippen MR) is 84.1 cm³/mol. The third-order valence-corrected chi connectivity index (χ3v) is 3.46. The van der Waals surface area contributed by atoms with Crippen LogP contribution in [0.1, 0.15) is 39.2 Å². The van der Waals surface area contributed by atoms with Gasteiger partial charge in [-0.25, -0.2) is 4.99 Å². The van der Waals surface area contributed by atoms with E-state index in [1.165, 1.54) is 5.56 Å². The summed E-state index contributed by atoms with van der Waals surface area (Å²) in [6.45, 7) is 6.26. The van der Waals surface area contributed by atoms with Gasteiger partial charge in [0.05, 0.1) is 18.2 Å². The first kappa shape index (κ1) is 14.9. The van der Waals surface area contributed by atoms with Crippen molar-refractivity contribution in [2.24, 2.45) is 10.7 Å². The highest BCUT2D eigenvalue weighted by Gasteiger charge is 2.30. The van der Waals surface area contributed by atoms with Gasteiger partial charge in [-0.3, -0.25) is 0 Å². The average Bonchev–Trinajstić information content (AvgIpc) is 2.36. The van der Waals surface area contributed by atoms with Gasteiger partial charge in [-0.15, -0.1) is 0 Å². The van der Waals surface area contributed by atoms with E-state index in [2.05, 4.69) is 43.2 Å². The Labute approximate surface area is 121 Å². The zero-order valence-electron chi connectivity index (χ0n) is 12.6. The molecular weight excluding hydrogens is 250 g/mol. The van der Waals surface area contributed by atoms with Crippen LogP contribution in [0.25, 0.3) is 0 Å². The van der Waals surface area contributed by atoms with E-state index in [0.29, 0.717) is 18.1 Å². The van der Waals surface area contributed by atoms with Crippen LogP contribution in [0.3, 0.4) is 0 Å². The van der Waals surface area contributed by atoms with E-state index in [-0.39, 0.29) is 6.10 Å². The summed E-state index contributed by atoms with van der Waals surface area (Å²) in [6.07, 6.45) is 3.59. The SMILES string of the molecule is CCc1cccc(NC(N)=NC2CC(OC(C)C)C2)c1. The molecule has 0 aromatic heterocycles. The Morgan fingerprint density at radius 1 is 1.45 bits per heavy atom. The van der Waals surface area contributed by atoms with Crippen LogP contribution in [0.15, 0.2) is 29.3 Å². The van der Waals surface area contributed by atoms with Crippen molar-refractivity contribution in [3.63, 3.8) is 0 Å². The van der Waals surface area contributed by atoms with Crippen molar-refractivity contribution in [3.8, 4) is 0 Å². The van der Waals surface area contributed by atoms with Gasteiger partial charge >= 0.3 is 0 Å². The van der Waals surface area contributed by atoms with Crippen molar-refractivity contribution < 1.29 is 4.74 Å². The number of aryl methyl sites for hydroxylation is 1. The number of nitrogens with two attached hydrogens (primary N) is 1. The molecule has 0 heterocycles. The lowest BCUT2D eigenvalue weighted by atomic mass is 9.90. The van der Waals surface area contributed by atoms with Gasteiger partial charge in [-0.1, -0.05) is 19.1 Å². The highest BCUT2D eigenvalue weighted by Crippen LogP contribution is 2.27. The summed E-state index contributed by atoms with van der Waals surface area (Å²) in [5.74, 6) is 0.492. The Morgan fingerprint density at radius 3 is 2.85 bits per heavy atom. The van der Waals surface area contributed by atoms with Crippen LogP contribution >= 0.6 is 0 Å². The standard InChI is InChI=1S/C16H25N3O/c1-4-12-6-5-7-13(8-12)18-16(17)19-14-9-15(10-14)20-11(2)3/h5-8,11,14-15H,4,9-10H2,1-3H3,(H3,17,18,19). The highest BCUT2D eigenvalue weighted by atomic mass is 16.5. The van der Waals surface area contributed by atoms with Crippen molar-refractivity contribution in [1.82, 2.24) is 0 Å². The summed E-state index contributed by atoms with van der Waals surface area (Å²) < 4.78 is 5.72. The van der Waals surface area contributed by atoms with Crippen molar-refractivity contribution in [2.45, 2.75) is 58.3 Å². The second-order valence-corrected chi connectivity index (χ2v) is 5.63. The number of benzene rings is 1. The van der Waals surface area contributed by atoms with Crippen molar-refractivity contribution in [2.75, 3.05) is 5.32 Å². The summed E-state index contributed by atoms with van der Waals surface area (Å²) >= 11 is 0. The Morgan fingerprint density at radius 2 is 2.20 bits per heavy atom. The molecule has 110 valence electrons. The normalized spacial score (nSPS) is 22.7. The van der Waals surface area contributed by atoms with Crippen molar-refractivity contribution in [3.05, 3.63) is 29.8 Å². The molecule has 0 spiro atoms. The molecule has 0 atom stereocenters. The van der Waals surface area contributed by atoms with Gasteiger partial charge in [-0.05, 0) is 50.8 Å². The average molecular weight is 275 g/mol. The lowest BCUT2D eigenvalue weighted by Crippen LogP contribution is -2.38. The molecule has 1 aliphatic rings. The zero-order valence-corrected chi connectivity index (χ0v) is 12.6. The lowest BCUT2D eigenvalue weighted by molar-refractivity contribution is -0.0428. The predicted octanol–water partition coefficient (Wildman–Crippen LogP) is 2.93. The minimum atomic E-state index is 0.289. The minimum absolute atomic E-state index is 0.289. The van der Waals surface area contributed by atoms with E-state index < -0.39 is 0 Å². The first-order valence-corrected chi connectivity index (χ1v) is 7.41. The minimum Gasteiger partial charge on any atom is -0.375 e. The fourth-order valence-electron chi connectivity index (χ4n) is 2.39. The summed E-state index contributed by atoms with van der Waals surface area (Å²) in [4.78, 5) is 4.49. The number of nitrogens with one attached hydrogen (secondary N) is 1. The molecule has 1 aliphatic carbocycles. The Balaban J connectivity index is 1.83. The molecule has 0 aliphatic heterocycles. The van der Waals surface area contributed by atoms with E-state index in [1.54, 1.807) is 0 Å². The fraction of sp³-hybridized carbons (Fsp3) is 0.562. The number of guanidine groups is 1. The maximum atomic E-state index is 5.95. The maximum absolute atomic E-state index is 5.95. The van der Waals surface area contributed by atoms with E-state index >= 15 is 0 Å². The van der Waals surface area contributed by atoms with Crippen molar-refractivity contribution >= 4 is 11.6 Å². The van der Waals surface area contributed by atoms with E-state index in [0.717, 1.165) is 24.9 Å². The lowest BCUT2D eigenvalue weighted by Gasteiger charge is -2.33. The third kappa shape index (κ3) is 4.23. The first-order chi connectivity index (χ1) is 9.56. The molecule has 0 radical (unpaired) electrons. The molecule has 0 saturated heterocycles. The second kappa shape index (κ2) is 6.75. The molecule has 1 aromatic rings. The van der Waals surface area contributed by atoms with Gasteiger partial charge in [0.25, 0.3) is 0 Å². The van der Waals surface area contributed by atoms with Gasteiger partial charge in [-0.2, -0.15) is 0 Å². The fourth-order valence-corrected chi connectivity index (χ4v) is 2.39. The third-order valence-electron chi connectivity index (χ3n) is 3.46. The van der Waals surface area contributed by atoms with Gasteiger partial charge in [0.1, 0.15) is 0 Å². The Hall–Kier alpha value is -1.55. The molecule has 3 N–H and O–H groups in total. The van der Waals surface area contributed by atoms with Gasteiger partial charge in [0.2, 0.25) is 0 Å². The molecule has 0 unspecified atom stereocenters. The number of hydrogen-bond donors (Lipinski definition) is 2. The van der Waals surface area contributed by atoms with Gasteiger partial charge < -0.3 is 15.8 Å². The number of rotatable bonds is 5. The number of nitrogens with zero attached hydrogens (tertiary/aromatic N) is 1.